The summed E-state index contributed by atoms with van der Waals surface area (Å²) in [6.45, 7) is -0.668. The first kappa shape index (κ1) is 19.7. The Morgan fingerprint density at radius 3 is 2.50 bits per heavy atom. The Balaban J connectivity index is 1.49. The van der Waals surface area contributed by atoms with Crippen LogP contribution in [0.1, 0.15) is 32.1 Å². The molecular weight excluding hydrogens is 356 g/mol. The molecule has 3 rings (SSSR count). The van der Waals surface area contributed by atoms with Crippen molar-refractivity contribution in [3.05, 3.63) is 42.5 Å². The SMILES string of the molecule is CN(C(=O)COC(=O)COc1ccc2ccccc2c1)C1(C#N)CCCCC1. The standard InChI is InChI=1S/C22H24N2O4/c1-24(22(16-23)11-5-2-6-12-22)20(25)14-28-21(26)15-27-19-10-9-17-7-3-4-8-18(17)13-19/h3-4,7-10,13H,2,5-6,11-12,14-15H2,1H3. The van der Waals surface area contributed by atoms with Crippen LogP contribution in [0.25, 0.3) is 10.8 Å². The zero-order chi connectivity index (χ0) is 20.0. The molecule has 0 atom stereocenters. The topological polar surface area (TPSA) is 79.6 Å². The fraction of sp³-hybridized carbons (Fsp3) is 0.409. The summed E-state index contributed by atoms with van der Waals surface area (Å²) >= 11 is 0. The monoisotopic (exact) mass is 380 g/mol. The molecule has 28 heavy (non-hydrogen) atoms. The van der Waals surface area contributed by atoms with E-state index in [2.05, 4.69) is 6.07 Å². The van der Waals surface area contributed by atoms with Crippen LogP contribution in [-0.4, -0.2) is 42.6 Å². The Hall–Kier alpha value is -3.07. The lowest BCUT2D eigenvalue weighted by atomic mass is 9.81. The summed E-state index contributed by atoms with van der Waals surface area (Å²) in [5.74, 6) is -0.434. The molecule has 6 nitrogen and oxygen atoms in total. The van der Waals surface area contributed by atoms with Crippen molar-refractivity contribution in [1.82, 2.24) is 4.90 Å². The van der Waals surface area contributed by atoms with Crippen molar-refractivity contribution in [2.75, 3.05) is 20.3 Å². The van der Waals surface area contributed by atoms with E-state index < -0.39 is 11.5 Å². The van der Waals surface area contributed by atoms with Crippen LogP contribution in [0.15, 0.2) is 42.5 Å². The van der Waals surface area contributed by atoms with Crippen molar-refractivity contribution in [3.8, 4) is 11.8 Å². The molecule has 1 aliphatic rings. The summed E-state index contributed by atoms with van der Waals surface area (Å²) in [6, 6.07) is 15.7. The number of hydrogen-bond donors (Lipinski definition) is 0. The van der Waals surface area contributed by atoms with E-state index in [9.17, 15) is 14.9 Å². The van der Waals surface area contributed by atoms with Crippen LogP contribution < -0.4 is 4.74 Å². The lowest BCUT2D eigenvalue weighted by molar-refractivity contribution is -0.155. The van der Waals surface area contributed by atoms with Crippen LogP contribution in [0.3, 0.4) is 0 Å². The number of rotatable bonds is 6. The first-order chi connectivity index (χ1) is 13.5. The number of hydrogen-bond acceptors (Lipinski definition) is 5. The molecule has 146 valence electrons. The minimum atomic E-state index is -0.788. The van der Waals surface area contributed by atoms with Gasteiger partial charge in [-0.25, -0.2) is 4.79 Å². The van der Waals surface area contributed by atoms with E-state index in [1.165, 1.54) is 4.90 Å². The maximum Gasteiger partial charge on any atom is 0.344 e. The maximum atomic E-state index is 12.4. The highest BCUT2D eigenvalue weighted by atomic mass is 16.6. The summed E-state index contributed by atoms with van der Waals surface area (Å²) < 4.78 is 10.5. The predicted molar refractivity (Wildman–Crippen MR) is 105 cm³/mol. The minimum absolute atomic E-state index is 0.279. The number of amides is 1. The Morgan fingerprint density at radius 2 is 1.79 bits per heavy atom. The molecule has 1 saturated carbocycles. The second-order valence-electron chi connectivity index (χ2n) is 7.12. The third-order valence-corrected chi connectivity index (χ3v) is 5.34. The van der Waals surface area contributed by atoms with E-state index in [-0.39, 0.29) is 19.1 Å². The van der Waals surface area contributed by atoms with Crippen LogP contribution in [0, 0.1) is 11.3 Å². The van der Waals surface area contributed by atoms with E-state index in [4.69, 9.17) is 9.47 Å². The van der Waals surface area contributed by atoms with Gasteiger partial charge >= 0.3 is 5.97 Å². The summed E-state index contributed by atoms with van der Waals surface area (Å²) in [4.78, 5) is 25.8. The molecule has 0 radical (unpaired) electrons. The number of nitrogens with zero attached hydrogens (tertiary/aromatic N) is 2. The molecule has 1 aliphatic carbocycles. The predicted octanol–water partition coefficient (Wildman–Crippen LogP) is 3.45. The van der Waals surface area contributed by atoms with Gasteiger partial charge in [-0.3, -0.25) is 4.79 Å². The average molecular weight is 380 g/mol. The zero-order valence-corrected chi connectivity index (χ0v) is 16.0. The van der Waals surface area contributed by atoms with Gasteiger partial charge in [0.25, 0.3) is 5.91 Å². The quantitative estimate of drug-likeness (QED) is 0.717. The number of carbonyl (C=O) groups excluding carboxylic acids is 2. The van der Waals surface area contributed by atoms with Gasteiger partial charge in [0.1, 0.15) is 11.3 Å². The first-order valence-corrected chi connectivity index (χ1v) is 9.49. The summed E-state index contributed by atoms with van der Waals surface area (Å²) in [7, 11) is 1.61. The van der Waals surface area contributed by atoms with Crippen molar-refractivity contribution < 1.29 is 19.1 Å². The molecule has 0 spiro atoms. The summed E-state index contributed by atoms with van der Waals surface area (Å²) in [6.07, 6.45) is 4.23. The van der Waals surface area contributed by atoms with Gasteiger partial charge in [0.15, 0.2) is 13.2 Å². The van der Waals surface area contributed by atoms with E-state index in [1.54, 1.807) is 13.1 Å². The van der Waals surface area contributed by atoms with Gasteiger partial charge in [0.2, 0.25) is 0 Å². The molecule has 0 N–H and O–H groups in total. The highest BCUT2D eigenvalue weighted by molar-refractivity contribution is 5.84. The van der Waals surface area contributed by atoms with E-state index in [0.717, 1.165) is 30.0 Å². The number of nitriles is 1. The third kappa shape index (κ3) is 4.42. The largest absolute Gasteiger partial charge is 0.482 e. The molecule has 0 heterocycles. The molecular formula is C22H24N2O4. The lowest BCUT2D eigenvalue weighted by Gasteiger charge is -2.38. The molecule has 0 unspecified atom stereocenters. The second kappa shape index (κ2) is 8.75. The molecule has 0 saturated heterocycles. The van der Waals surface area contributed by atoms with Crippen LogP contribution in [0.4, 0.5) is 0 Å². The highest BCUT2D eigenvalue weighted by Crippen LogP contribution is 2.32. The number of ether oxygens (including phenoxy) is 2. The highest BCUT2D eigenvalue weighted by Gasteiger charge is 2.38. The Kier molecular flexibility index (Phi) is 6.15. The van der Waals surface area contributed by atoms with Gasteiger partial charge in [0.05, 0.1) is 6.07 Å². The number of benzene rings is 2. The maximum absolute atomic E-state index is 12.4. The molecule has 6 heteroatoms. The molecule has 1 fully saturated rings. The number of likely N-dealkylation sites (N-methyl/N-ethyl adjacent to an activating group) is 1. The Bertz CT molecular complexity index is 897. The van der Waals surface area contributed by atoms with Crippen molar-refractivity contribution >= 4 is 22.6 Å². The summed E-state index contributed by atoms with van der Waals surface area (Å²) in [5.41, 5.74) is -0.788. The van der Waals surface area contributed by atoms with Crippen molar-refractivity contribution in [2.24, 2.45) is 0 Å². The first-order valence-electron chi connectivity index (χ1n) is 9.49. The number of fused-ring (bicyclic) bond motifs is 1. The van der Waals surface area contributed by atoms with E-state index in [1.807, 2.05) is 36.4 Å². The van der Waals surface area contributed by atoms with Gasteiger partial charge in [-0.2, -0.15) is 5.26 Å². The minimum Gasteiger partial charge on any atom is -0.482 e. The molecule has 2 aromatic carbocycles. The number of esters is 1. The van der Waals surface area contributed by atoms with Crippen LogP contribution in [0.5, 0.6) is 5.75 Å². The zero-order valence-electron chi connectivity index (χ0n) is 16.0. The average Bonchev–Trinajstić information content (AvgIpc) is 2.75. The van der Waals surface area contributed by atoms with Crippen LogP contribution in [-0.2, 0) is 14.3 Å². The number of carbonyl (C=O) groups is 2. The smallest absolute Gasteiger partial charge is 0.344 e. The van der Waals surface area contributed by atoms with Crippen molar-refractivity contribution in [3.63, 3.8) is 0 Å². The molecule has 1 amide bonds. The lowest BCUT2D eigenvalue weighted by Crippen LogP contribution is -2.51. The van der Waals surface area contributed by atoms with Crippen LogP contribution in [0.2, 0.25) is 0 Å². The van der Waals surface area contributed by atoms with E-state index in [0.29, 0.717) is 18.6 Å². The van der Waals surface area contributed by atoms with Gasteiger partial charge in [-0.15, -0.1) is 0 Å². The summed E-state index contributed by atoms with van der Waals surface area (Å²) in [5, 5.41) is 11.6. The fourth-order valence-electron chi connectivity index (χ4n) is 3.58. The van der Waals surface area contributed by atoms with Crippen molar-refractivity contribution in [1.29, 1.82) is 5.26 Å². The third-order valence-electron chi connectivity index (χ3n) is 5.34. The van der Waals surface area contributed by atoms with Crippen LogP contribution >= 0.6 is 0 Å². The Labute approximate surface area is 164 Å². The molecule has 0 aromatic heterocycles. The molecule has 0 aliphatic heterocycles. The van der Waals surface area contributed by atoms with Gasteiger partial charge < -0.3 is 14.4 Å². The van der Waals surface area contributed by atoms with Gasteiger partial charge in [-0.05, 0) is 35.7 Å². The van der Waals surface area contributed by atoms with Gasteiger partial charge in [-0.1, -0.05) is 49.6 Å². The normalized spacial score (nSPS) is 15.4. The molecule has 0 bridgehead atoms. The van der Waals surface area contributed by atoms with Gasteiger partial charge in [0, 0.05) is 7.05 Å². The fourth-order valence-corrected chi connectivity index (χ4v) is 3.58. The Morgan fingerprint density at radius 1 is 1.07 bits per heavy atom. The van der Waals surface area contributed by atoms with E-state index >= 15 is 0 Å². The second-order valence-corrected chi connectivity index (χ2v) is 7.12. The molecule has 2 aromatic rings. The van der Waals surface area contributed by atoms with Crippen molar-refractivity contribution in [2.45, 2.75) is 37.6 Å².